The molecule has 1 amide bonds. The Kier molecular flexibility index (Phi) is 4.32. The predicted octanol–water partition coefficient (Wildman–Crippen LogP) is 2.17. The molecule has 0 radical (unpaired) electrons. The van der Waals surface area contributed by atoms with E-state index < -0.39 is 17.8 Å². The second kappa shape index (κ2) is 5.75. The minimum absolute atomic E-state index is 0.156. The molecule has 2 aromatic rings. The SMILES string of the molecule is Cc1c(CNC(=O)c2nn(C)c(C(F)(F)F)c2Br)cnn1C. The Balaban J connectivity index is 2.19. The minimum Gasteiger partial charge on any atom is -0.346 e. The average Bonchev–Trinajstić information content (AvgIpc) is 2.88. The van der Waals surface area contributed by atoms with Crippen molar-refractivity contribution in [3.05, 3.63) is 33.3 Å². The van der Waals surface area contributed by atoms with Crippen LogP contribution in [0.1, 0.15) is 27.4 Å². The first-order valence-corrected chi connectivity index (χ1v) is 6.97. The molecule has 0 aliphatic heterocycles. The molecule has 0 aliphatic rings. The van der Waals surface area contributed by atoms with E-state index >= 15 is 0 Å². The van der Waals surface area contributed by atoms with E-state index in [0.29, 0.717) is 4.68 Å². The third kappa shape index (κ3) is 3.01. The fraction of sp³-hybridized carbons (Fsp3) is 0.417. The molecule has 0 aliphatic carbocycles. The molecule has 0 atom stereocenters. The van der Waals surface area contributed by atoms with Crippen molar-refractivity contribution in [3.8, 4) is 0 Å². The monoisotopic (exact) mass is 379 g/mol. The van der Waals surface area contributed by atoms with Gasteiger partial charge in [0.2, 0.25) is 0 Å². The molecule has 22 heavy (non-hydrogen) atoms. The Morgan fingerprint density at radius 2 is 2.00 bits per heavy atom. The molecule has 0 saturated carbocycles. The van der Waals surface area contributed by atoms with Crippen LogP contribution in [0.25, 0.3) is 0 Å². The largest absolute Gasteiger partial charge is 0.434 e. The van der Waals surface area contributed by atoms with Gasteiger partial charge in [0.15, 0.2) is 11.4 Å². The van der Waals surface area contributed by atoms with E-state index in [1.54, 1.807) is 17.9 Å². The lowest BCUT2D eigenvalue weighted by Gasteiger charge is -2.06. The van der Waals surface area contributed by atoms with Gasteiger partial charge in [-0.2, -0.15) is 23.4 Å². The number of hydrogen-bond acceptors (Lipinski definition) is 3. The van der Waals surface area contributed by atoms with E-state index in [9.17, 15) is 18.0 Å². The molecule has 0 saturated heterocycles. The number of nitrogens with zero attached hydrogens (tertiary/aromatic N) is 4. The van der Waals surface area contributed by atoms with E-state index in [2.05, 4.69) is 31.4 Å². The average molecular weight is 380 g/mol. The third-order valence-electron chi connectivity index (χ3n) is 3.25. The molecule has 120 valence electrons. The fourth-order valence-electron chi connectivity index (χ4n) is 1.93. The number of hydrogen-bond donors (Lipinski definition) is 1. The minimum atomic E-state index is -4.60. The Morgan fingerprint density at radius 3 is 2.45 bits per heavy atom. The van der Waals surface area contributed by atoms with Gasteiger partial charge in [0, 0.05) is 31.9 Å². The van der Waals surface area contributed by atoms with Crippen molar-refractivity contribution in [2.45, 2.75) is 19.6 Å². The van der Waals surface area contributed by atoms with Crippen LogP contribution in [0.5, 0.6) is 0 Å². The highest BCUT2D eigenvalue weighted by atomic mass is 79.9. The van der Waals surface area contributed by atoms with Gasteiger partial charge in [-0.3, -0.25) is 14.2 Å². The zero-order valence-electron chi connectivity index (χ0n) is 12.0. The van der Waals surface area contributed by atoms with Crippen LogP contribution in [-0.4, -0.2) is 25.5 Å². The Labute approximate surface area is 132 Å². The molecule has 2 heterocycles. The van der Waals surface area contributed by atoms with E-state index in [4.69, 9.17) is 0 Å². The van der Waals surface area contributed by atoms with Gasteiger partial charge in [0.1, 0.15) is 0 Å². The van der Waals surface area contributed by atoms with Crippen LogP contribution in [0, 0.1) is 6.92 Å². The molecule has 6 nitrogen and oxygen atoms in total. The second-order valence-electron chi connectivity index (χ2n) is 4.69. The molecule has 10 heteroatoms. The highest BCUT2D eigenvalue weighted by Gasteiger charge is 2.39. The second-order valence-corrected chi connectivity index (χ2v) is 5.49. The molecule has 2 aromatic heterocycles. The predicted molar refractivity (Wildman–Crippen MR) is 75.0 cm³/mol. The summed E-state index contributed by atoms with van der Waals surface area (Å²) in [4.78, 5) is 12.0. The number of alkyl halides is 3. The highest BCUT2D eigenvalue weighted by molar-refractivity contribution is 9.10. The van der Waals surface area contributed by atoms with Crippen molar-refractivity contribution in [2.24, 2.45) is 14.1 Å². The lowest BCUT2D eigenvalue weighted by molar-refractivity contribution is -0.144. The molecular weight excluding hydrogens is 367 g/mol. The zero-order valence-corrected chi connectivity index (χ0v) is 13.6. The number of carbonyl (C=O) groups is 1. The van der Waals surface area contributed by atoms with Crippen LogP contribution < -0.4 is 5.32 Å². The number of carbonyl (C=O) groups excluding carboxylic acids is 1. The third-order valence-corrected chi connectivity index (χ3v) is 4.00. The summed E-state index contributed by atoms with van der Waals surface area (Å²) >= 11 is 2.80. The van der Waals surface area contributed by atoms with Crippen molar-refractivity contribution in [1.82, 2.24) is 24.9 Å². The smallest absolute Gasteiger partial charge is 0.346 e. The molecular formula is C12H13BrF3N5O. The maximum atomic E-state index is 12.9. The van der Waals surface area contributed by atoms with E-state index in [1.165, 1.54) is 0 Å². The summed E-state index contributed by atoms with van der Waals surface area (Å²) < 4.78 is 40.5. The summed E-state index contributed by atoms with van der Waals surface area (Å²) in [6.45, 7) is 1.98. The lowest BCUT2D eigenvalue weighted by Crippen LogP contribution is -2.24. The molecule has 0 aromatic carbocycles. The first-order valence-electron chi connectivity index (χ1n) is 6.18. The van der Waals surface area contributed by atoms with Gasteiger partial charge in [-0.25, -0.2) is 0 Å². The van der Waals surface area contributed by atoms with Gasteiger partial charge < -0.3 is 5.32 Å². The maximum Gasteiger partial charge on any atom is 0.434 e. The van der Waals surface area contributed by atoms with Crippen LogP contribution in [0.2, 0.25) is 0 Å². The summed E-state index contributed by atoms with van der Waals surface area (Å²) in [6.07, 6.45) is -3.01. The van der Waals surface area contributed by atoms with E-state index in [-0.39, 0.29) is 16.7 Å². The van der Waals surface area contributed by atoms with Gasteiger partial charge >= 0.3 is 6.18 Å². The van der Waals surface area contributed by atoms with Gasteiger partial charge in [-0.1, -0.05) is 0 Å². The van der Waals surface area contributed by atoms with Crippen molar-refractivity contribution in [2.75, 3.05) is 0 Å². The van der Waals surface area contributed by atoms with Gasteiger partial charge in [0.25, 0.3) is 5.91 Å². The lowest BCUT2D eigenvalue weighted by atomic mass is 10.2. The Hall–Kier alpha value is -1.84. The summed E-state index contributed by atoms with van der Waals surface area (Å²) in [5.41, 5.74) is 0.321. The van der Waals surface area contributed by atoms with Crippen molar-refractivity contribution in [1.29, 1.82) is 0 Å². The van der Waals surface area contributed by atoms with Gasteiger partial charge in [-0.05, 0) is 22.9 Å². The number of halogens is 4. The summed E-state index contributed by atoms with van der Waals surface area (Å²) in [5.74, 6) is -0.693. The number of aromatic nitrogens is 4. The van der Waals surface area contributed by atoms with Crippen molar-refractivity contribution < 1.29 is 18.0 Å². The van der Waals surface area contributed by atoms with Crippen LogP contribution in [-0.2, 0) is 26.8 Å². The van der Waals surface area contributed by atoms with Crippen LogP contribution in [0.15, 0.2) is 10.7 Å². The zero-order chi connectivity index (χ0) is 16.7. The Bertz CT molecular complexity index is 719. The van der Waals surface area contributed by atoms with E-state index in [0.717, 1.165) is 18.3 Å². The molecule has 0 fully saturated rings. The van der Waals surface area contributed by atoms with Crippen LogP contribution in [0.4, 0.5) is 13.2 Å². The first kappa shape index (κ1) is 16.5. The number of nitrogens with one attached hydrogen (secondary N) is 1. The maximum absolute atomic E-state index is 12.9. The molecule has 2 rings (SSSR count). The van der Waals surface area contributed by atoms with Gasteiger partial charge in [0.05, 0.1) is 10.7 Å². The molecule has 0 bridgehead atoms. The quantitative estimate of drug-likeness (QED) is 0.888. The topological polar surface area (TPSA) is 64.7 Å². The fourth-order valence-corrected chi connectivity index (χ4v) is 2.67. The normalized spacial score (nSPS) is 11.8. The summed E-state index contributed by atoms with van der Waals surface area (Å²) in [6, 6.07) is 0. The number of rotatable bonds is 3. The standard InChI is InChI=1S/C12H13BrF3N5O/c1-6-7(5-18-20(6)2)4-17-11(22)9-8(13)10(12(14,15)16)21(3)19-9/h5H,4H2,1-3H3,(H,17,22). The summed E-state index contributed by atoms with van der Waals surface area (Å²) in [7, 11) is 2.89. The highest BCUT2D eigenvalue weighted by Crippen LogP contribution is 2.36. The summed E-state index contributed by atoms with van der Waals surface area (Å²) in [5, 5.41) is 10.2. The van der Waals surface area contributed by atoms with E-state index in [1.807, 2.05) is 6.92 Å². The van der Waals surface area contributed by atoms with Crippen LogP contribution >= 0.6 is 15.9 Å². The first-order chi connectivity index (χ1) is 10.1. The Morgan fingerprint density at radius 1 is 1.36 bits per heavy atom. The number of amides is 1. The van der Waals surface area contributed by atoms with Crippen molar-refractivity contribution in [3.63, 3.8) is 0 Å². The van der Waals surface area contributed by atoms with Crippen LogP contribution in [0.3, 0.4) is 0 Å². The molecule has 0 spiro atoms. The van der Waals surface area contributed by atoms with Gasteiger partial charge in [-0.15, -0.1) is 0 Å². The molecule has 1 N–H and O–H groups in total. The van der Waals surface area contributed by atoms with Crippen molar-refractivity contribution >= 4 is 21.8 Å². The number of aryl methyl sites for hydroxylation is 2. The molecule has 0 unspecified atom stereocenters.